The first-order chi connectivity index (χ1) is 24.6. The Balaban J connectivity index is 1.16. The number of anilines is 1. The van der Waals surface area contributed by atoms with Crippen LogP contribution in [0.4, 0.5) is 5.69 Å². The fraction of sp³-hybridized carbons (Fsp3) is 0.488. The highest BCUT2D eigenvalue weighted by Gasteiger charge is 2.60. The molecule has 3 heterocycles. The lowest BCUT2D eigenvalue weighted by Gasteiger charge is -2.53. The Kier molecular flexibility index (Phi) is 9.45. The van der Waals surface area contributed by atoms with Crippen molar-refractivity contribution in [1.82, 2.24) is 9.62 Å². The normalized spacial score (nSPS) is 31.4. The molecule has 1 spiro atoms. The Labute approximate surface area is 307 Å². The number of carbonyl (C=O) groups excluding carboxylic acids is 1. The number of allylic oxidation sites excluding steroid dienone is 1. The minimum Gasteiger partial charge on any atom is -0.487 e. The molecule has 3 aliphatic heterocycles. The van der Waals surface area contributed by atoms with E-state index in [4.69, 9.17) is 21.1 Å². The number of morpholine rings is 1. The molecule has 0 radical (unpaired) electrons. The summed E-state index contributed by atoms with van der Waals surface area (Å²) >= 11 is 6.40. The van der Waals surface area contributed by atoms with Gasteiger partial charge in [-0.05, 0) is 117 Å². The zero-order valence-electron chi connectivity index (χ0n) is 29.4. The third kappa shape index (κ3) is 6.95. The summed E-state index contributed by atoms with van der Waals surface area (Å²) in [6.45, 7) is 6.88. The van der Waals surface area contributed by atoms with Crippen LogP contribution in [0.1, 0.15) is 72.5 Å². The van der Waals surface area contributed by atoms with E-state index in [1.165, 1.54) is 11.1 Å². The van der Waals surface area contributed by atoms with Gasteiger partial charge in [-0.15, -0.1) is 0 Å². The van der Waals surface area contributed by atoms with Crippen molar-refractivity contribution in [3.63, 3.8) is 0 Å². The van der Waals surface area contributed by atoms with Gasteiger partial charge in [-0.3, -0.25) is 9.69 Å². The molecule has 3 aromatic rings. The number of ether oxygens (including phenoxy) is 2. The Morgan fingerprint density at radius 1 is 1.00 bits per heavy atom. The van der Waals surface area contributed by atoms with Crippen LogP contribution in [0.3, 0.4) is 0 Å². The van der Waals surface area contributed by atoms with E-state index >= 15 is 0 Å². The third-order valence-electron chi connectivity index (χ3n) is 12.3. The van der Waals surface area contributed by atoms with Crippen LogP contribution in [0.2, 0.25) is 5.02 Å². The number of hydrogen-bond donors (Lipinski definition) is 1. The summed E-state index contributed by atoms with van der Waals surface area (Å²) in [5.41, 5.74) is 4.25. The molecule has 1 N–H and O–H groups in total. The van der Waals surface area contributed by atoms with Crippen LogP contribution in [0, 0.1) is 17.8 Å². The first kappa shape index (κ1) is 34.7. The van der Waals surface area contributed by atoms with Crippen molar-refractivity contribution in [3.8, 4) is 5.75 Å². The standard InChI is InChI=1S/C41H48ClN3O5S/c1-40-24-34(40)11-7-18-41(28-44(20-21-50-41)25-29-8-3-2-4-9-29)36-16-13-32(36)26-45-19-6-5-10-30-22-35(42)15-12-33(30)27-49-38-17-14-31(23-37(38)45)39(46)43-51(40,47)48/h2-4,7-9,12,14-15,17-18,22-23,32,34,36H,5-6,10-11,13,16,19-21,24-28H2,1H3,(H,43,46)/b18-7+/t32-,34+,36+,40+,41-/m0/s1. The van der Waals surface area contributed by atoms with Crippen molar-refractivity contribution in [1.29, 1.82) is 0 Å². The summed E-state index contributed by atoms with van der Waals surface area (Å²) < 4.78 is 42.3. The lowest BCUT2D eigenvalue weighted by molar-refractivity contribution is -0.145. The number of halogens is 1. The number of amides is 1. The van der Waals surface area contributed by atoms with E-state index in [0.717, 1.165) is 81.1 Å². The summed E-state index contributed by atoms with van der Waals surface area (Å²) in [5, 5.41) is 0.720. The van der Waals surface area contributed by atoms with Gasteiger partial charge in [0, 0.05) is 43.3 Å². The van der Waals surface area contributed by atoms with E-state index in [1.807, 2.05) is 30.3 Å². The van der Waals surface area contributed by atoms with Gasteiger partial charge in [-0.2, -0.15) is 0 Å². The van der Waals surface area contributed by atoms with E-state index in [2.05, 4.69) is 57.0 Å². The third-order valence-corrected chi connectivity index (χ3v) is 14.7. The molecule has 8 nitrogen and oxygen atoms in total. The van der Waals surface area contributed by atoms with E-state index in [9.17, 15) is 13.2 Å². The molecule has 0 unspecified atom stereocenters. The minimum atomic E-state index is -3.93. The lowest BCUT2D eigenvalue weighted by Crippen LogP contribution is -2.59. The molecule has 5 aliphatic rings. The first-order valence-electron chi connectivity index (χ1n) is 18.6. The predicted octanol–water partition coefficient (Wildman–Crippen LogP) is 7.16. The second-order valence-electron chi connectivity index (χ2n) is 15.5. The fourth-order valence-electron chi connectivity index (χ4n) is 8.88. The number of benzene rings is 3. The molecule has 10 heteroatoms. The average molecular weight is 730 g/mol. The largest absolute Gasteiger partial charge is 0.487 e. The van der Waals surface area contributed by atoms with Crippen molar-refractivity contribution in [2.75, 3.05) is 37.7 Å². The highest BCUT2D eigenvalue weighted by molar-refractivity contribution is 7.91. The monoisotopic (exact) mass is 729 g/mol. The van der Waals surface area contributed by atoms with Gasteiger partial charge in [0.15, 0.2) is 0 Å². The van der Waals surface area contributed by atoms with Crippen molar-refractivity contribution in [2.24, 2.45) is 17.8 Å². The van der Waals surface area contributed by atoms with Crippen molar-refractivity contribution in [3.05, 3.63) is 106 Å². The van der Waals surface area contributed by atoms with Crippen LogP contribution in [-0.2, 0) is 34.3 Å². The molecule has 1 saturated heterocycles. The number of sulfonamides is 1. The summed E-state index contributed by atoms with van der Waals surface area (Å²) in [5.74, 6) is 0.684. The van der Waals surface area contributed by atoms with Crippen molar-refractivity contribution in [2.45, 2.75) is 75.4 Å². The van der Waals surface area contributed by atoms with E-state index in [1.54, 1.807) is 13.0 Å². The number of carbonyl (C=O) groups is 1. The van der Waals surface area contributed by atoms with Gasteiger partial charge in [0.05, 0.1) is 17.0 Å². The summed E-state index contributed by atoms with van der Waals surface area (Å²) in [4.78, 5) is 18.5. The molecule has 2 saturated carbocycles. The number of hydrogen-bond acceptors (Lipinski definition) is 7. The van der Waals surface area contributed by atoms with E-state index in [-0.39, 0.29) is 5.92 Å². The average Bonchev–Trinajstić information content (AvgIpc) is 3.78. The molecule has 3 fully saturated rings. The summed E-state index contributed by atoms with van der Waals surface area (Å²) in [6, 6.07) is 21.9. The topological polar surface area (TPSA) is 88.2 Å². The molecule has 0 aromatic heterocycles. The number of nitrogens with zero attached hydrogens (tertiary/aromatic N) is 2. The molecule has 8 rings (SSSR count). The zero-order chi connectivity index (χ0) is 35.2. The van der Waals surface area contributed by atoms with Crippen LogP contribution in [0.25, 0.3) is 0 Å². The van der Waals surface area contributed by atoms with Crippen molar-refractivity contribution >= 4 is 33.2 Å². The SMILES string of the molecule is C[C@@]12C[C@H]1C/C=C/[C@]1(CN(Cc3ccccc3)CCO1)[C@@H]1CC[C@H]1CN1CCCCc3cc(Cl)ccc3COc3ccc(cc31)C(=O)NS2(=O)=O. The van der Waals surface area contributed by atoms with Crippen LogP contribution in [-0.4, -0.2) is 62.4 Å². The molecule has 1 amide bonds. The molecule has 270 valence electrons. The van der Waals surface area contributed by atoms with Gasteiger partial charge in [-0.25, -0.2) is 13.1 Å². The minimum absolute atomic E-state index is 0.0701. The van der Waals surface area contributed by atoms with Gasteiger partial charge < -0.3 is 14.4 Å². The van der Waals surface area contributed by atoms with E-state index < -0.39 is 26.3 Å². The fourth-order valence-corrected chi connectivity index (χ4v) is 10.6. The number of fused-ring (bicyclic) bond motifs is 5. The van der Waals surface area contributed by atoms with Crippen molar-refractivity contribution < 1.29 is 22.7 Å². The Morgan fingerprint density at radius 2 is 1.86 bits per heavy atom. The smallest absolute Gasteiger partial charge is 0.264 e. The maximum absolute atomic E-state index is 13.7. The lowest BCUT2D eigenvalue weighted by atomic mass is 9.63. The summed E-state index contributed by atoms with van der Waals surface area (Å²) in [7, 11) is -3.93. The van der Waals surface area contributed by atoms with Gasteiger partial charge in [0.25, 0.3) is 5.91 Å². The molecule has 51 heavy (non-hydrogen) atoms. The first-order valence-corrected chi connectivity index (χ1v) is 20.4. The highest BCUT2D eigenvalue weighted by atomic mass is 35.5. The van der Waals surface area contributed by atoms with Gasteiger partial charge in [0.1, 0.15) is 18.0 Å². The highest BCUT2D eigenvalue weighted by Crippen LogP contribution is 2.53. The number of rotatable bonds is 2. The molecule has 5 atom stereocenters. The van der Waals surface area contributed by atoms with Gasteiger partial charge >= 0.3 is 0 Å². The Morgan fingerprint density at radius 3 is 2.69 bits per heavy atom. The molecular formula is C41H48ClN3O5S. The quantitative estimate of drug-likeness (QED) is 0.280. The molecule has 2 bridgehead atoms. The predicted molar refractivity (Wildman–Crippen MR) is 201 cm³/mol. The zero-order valence-corrected chi connectivity index (χ0v) is 30.9. The second-order valence-corrected chi connectivity index (χ2v) is 18.1. The van der Waals surface area contributed by atoms with Crippen LogP contribution < -0.4 is 14.4 Å². The molecule has 2 aliphatic carbocycles. The van der Waals surface area contributed by atoms with Crippen LogP contribution in [0.5, 0.6) is 5.75 Å². The molecular weight excluding hydrogens is 682 g/mol. The Hall–Kier alpha value is -3.37. The van der Waals surface area contributed by atoms with Crippen LogP contribution >= 0.6 is 11.6 Å². The number of aryl methyl sites for hydroxylation is 1. The Bertz CT molecular complexity index is 1920. The molecule has 3 aromatic carbocycles. The maximum atomic E-state index is 13.7. The number of nitrogens with one attached hydrogen (secondary N) is 1. The second kappa shape index (κ2) is 13.9. The van der Waals surface area contributed by atoms with Gasteiger partial charge in [-0.1, -0.05) is 60.2 Å². The van der Waals surface area contributed by atoms with Crippen LogP contribution in [0.15, 0.2) is 78.9 Å². The van der Waals surface area contributed by atoms with E-state index in [0.29, 0.717) is 49.2 Å². The summed E-state index contributed by atoms with van der Waals surface area (Å²) in [6.07, 6.45) is 10.6. The maximum Gasteiger partial charge on any atom is 0.264 e. The van der Waals surface area contributed by atoms with Gasteiger partial charge in [0.2, 0.25) is 10.0 Å².